The summed E-state index contributed by atoms with van der Waals surface area (Å²) in [7, 11) is 0. The molecule has 4 aromatic rings. The topological polar surface area (TPSA) is 215 Å². The van der Waals surface area contributed by atoms with Crippen molar-refractivity contribution < 1.29 is 43.2 Å². The smallest absolute Gasteiger partial charge is 0.305 e. The Hall–Kier alpha value is -5.77. The highest BCUT2D eigenvalue weighted by Gasteiger charge is 2.20. The minimum Gasteiger partial charge on any atom is -0.491 e. The Kier molecular flexibility index (Phi) is 19.6. The number of anilines is 1. The molecule has 0 fully saturated rings. The second kappa shape index (κ2) is 25.4. The van der Waals surface area contributed by atoms with Crippen molar-refractivity contribution in [3.8, 4) is 16.9 Å². The molecule has 4 N–H and O–H groups in total. The van der Waals surface area contributed by atoms with Gasteiger partial charge in [-0.2, -0.15) is 0 Å². The molecule has 0 spiro atoms. The molecule has 1 heterocycles. The van der Waals surface area contributed by atoms with Gasteiger partial charge in [0.05, 0.1) is 71.9 Å². The maximum Gasteiger partial charge on any atom is 0.305 e. The van der Waals surface area contributed by atoms with Crippen molar-refractivity contribution in [1.29, 1.82) is 0 Å². The monoisotopic (exact) mass is 785 g/mol. The number of rotatable bonds is 28. The van der Waals surface area contributed by atoms with Crippen LogP contribution in [0.3, 0.4) is 0 Å². The molecule has 0 aliphatic carbocycles. The van der Waals surface area contributed by atoms with Crippen molar-refractivity contribution in [3.63, 3.8) is 0 Å². The first-order valence-electron chi connectivity index (χ1n) is 18.8. The third-order valence-corrected chi connectivity index (χ3v) is 8.44. The lowest BCUT2D eigenvalue weighted by molar-refractivity contribution is -0.138. The zero-order chi connectivity index (χ0) is 40.5. The maximum absolute atomic E-state index is 12.9. The fourth-order valence-electron chi connectivity index (χ4n) is 5.74. The van der Waals surface area contributed by atoms with Crippen molar-refractivity contribution in [2.75, 3.05) is 84.4 Å². The van der Waals surface area contributed by atoms with E-state index in [1.807, 2.05) is 73.7 Å². The zero-order valence-electron chi connectivity index (χ0n) is 32.2. The number of ether oxygens (including phenoxy) is 5. The Bertz CT molecular complexity index is 1920. The summed E-state index contributed by atoms with van der Waals surface area (Å²) in [5.74, 6) is -0.411. The van der Waals surface area contributed by atoms with Gasteiger partial charge < -0.3 is 44.7 Å². The van der Waals surface area contributed by atoms with Gasteiger partial charge in [0.1, 0.15) is 18.2 Å². The van der Waals surface area contributed by atoms with Crippen molar-refractivity contribution in [3.05, 3.63) is 101 Å². The molecule has 0 saturated carbocycles. The van der Waals surface area contributed by atoms with Crippen LogP contribution in [0.1, 0.15) is 36.4 Å². The molecule has 0 aliphatic heterocycles. The van der Waals surface area contributed by atoms with Gasteiger partial charge in [0.2, 0.25) is 11.8 Å². The first-order valence-corrected chi connectivity index (χ1v) is 18.8. The van der Waals surface area contributed by atoms with Gasteiger partial charge in [0.15, 0.2) is 0 Å². The summed E-state index contributed by atoms with van der Waals surface area (Å²) in [5.41, 5.74) is 11.7. The predicted octanol–water partition coefficient (Wildman–Crippen LogP) is 5.61. The van der Waals surface area contributed by atoms with Crippen molar-refractivity contribution in [2.24, 2.45) is 5.11 Å². The summed E-state index contributed by atoms with van der Waals surface area (Å²) in [6.45, 7) is 6.16. The van der Waals surface area contributed by atoms with Crippen LogP contribution in [-0.4, -0.2) is 107 Å². The van der Waals surface area contributed by atoms with Crippen LogP contribution in [0.2, 0.25) is 0 Å². The third-order valence-electron chi connectivity index (χ3n) is 8.44. The van der Waals surface area contributed by atoms with Crippen molar-refractivity contribution >= 4 is 34.4 Å². The van der Waals surface area contributed by atoms with Gasteiger partial charge in [0, 0.05) is 36.0 Å². The summed E-state index contributed by atoms with van der Waals surface area (Å²) in [5, 5.41) is 23.5. The number of hydrogen-bond acceptors (Lipinski definition) is 11. The highest BCUT2D eigenvalue weighted by atomic mass is 16.6. The minimum absolute atomic E-state index is 0.216. The van der Waals surface area contributed by atoms with Crippen LogP contribution >= 0.6 is 0 Å². The van der Waals surface area contributed by atoms with Crippen LogP contribution in [0.15, 0.2) is 84.1 Å². The standard InChI is InChI=1S/C41H51N7O9/c1-30-13-15-44-38(26-30)43-14-5-12-39(49)45-29-40(50)47-36(28-41(51)52)32-7-2-6-31(27-32)33-8-3-10-35-34(33)9-4-11-37(35)57-25-24-56-23-22-55-21-20-54-19-18-53-17-16-46-48-42/h2-4,6-11,13,15,26-27,36H,5,12,14,16-25,28-29H2,1H3,(H,43,44)(H,45,49)(H,47,50)(H,51,52). The number of fused-ring (bicyclic) bond motifs is 1. The Morgan fingerprint density at radius 3 is 2.23 bits per heavy atom. The number of azide groups is 1. The molecule has 16 nitrogen and oxygen atoms in total. The lowest BCUT2D eigenvalue weighted by Crippen LogP contribution is -2.39. The lowest BCUT2D eigenvalue weighted by atomic mass is 9.94. The number of carbonyl (C=O) groups excluding carboxylic acids is 2. The Morgan fingerprint density at radius 1 is 0.825 bits per heavy atom. The molecule has 0 saturated heterocycles. The molecule has 304 valence electrons. The number of carboxylic acids is 1. The quantitative estimate of drug-likeness (QED) is 0.0240. The number of aryl methyl sites for hydroxylation is 1. The largest absolute Gasteiger partial charge is 0.491 e. The van der Waals surface area contributed by atoms with Crippen LogP contribution < -0.4 is 20.7 Å². The van der Waals surface area contributed by atoms with E-state index in [1.165, 1.54) is 0 Å². The molecule has 57 heavy (non-hydrogen) atoms. The Labute approximate surface area is 331 Å². The van der Waals surface area contributed by atoms with Gasteiger partial charge in [-0.1, -0.05) is 53.6 Å². The number of carboxylic acid groups (broad SMARTS) is 1. The minimum atomic E-state index is -1.07. The number of aromatic nitrogens is 1. The number of nitrogens with one attached hydrogen (secondary N) is 3. The van der Waals surface area contributed by atoms with Gasteiger partial charge >= 0.3 is 5.97 Å². The average molecular weight is 786 g/mol. The number of nitrogens with zero attached hydrogens (tertiary/aromatic N) is 4. The molecule has 16 heteroatoms. The first kappa shape index (κ1) is 44.0. The number of aliphatic carboxylic acids is 1. The van der Waals surface area contributed by atoms with Gasteiger partial charge in [-0.05, 0) is 70.8 Å². The molecular weight excluding hydrogens is 734 g/mol. The van der Waals surface area contributed by atoms with Crippen LogP contribution in [0.5, 0.6) is 5.75 Å². The molecular formula is C41H51N7O9. The normalized spacial score (nSPS) is 11.4. The molecule has 2 amide bonds. The van der Waals surface area contributed by atoms with Gasteiger partial charge in [-0.25, -0.2) is 4.98 Å². The Morgan fingerprint density at radius 2 is 1.51 bits per heavy atom. The van der Waals surface area contributed by atoms with Gasteiger partial charge in [0.25, 0.3) is 0 Å². The summed E-state index contributed by atoms with van der Waals surface area (Å²) >= 11 is 0. The number of benzene rings is 3. The van der Waals surface area contributed by atoms with Crippen LogP contribution in [0, 0.1) is 6.92 Å². The number of carbonyl (C=O) groups is 3. The summed E-state index contributed by atoms with van der Waals surface area (Å²) in [4.78, 5) is 44.0. The molecule has 0 aliphatic rings. The Balaban J connectivity index is 1.22. The first-order chi connectivity index (χ1) is 27.8. The fourth-order valence-corrected chi connectivity index (χ4v) is 5.74. The fraction of sp³-hybridized carbons (Fsp3) is 0.415. The van der Waals surface area contributed by atoms with Gasteiger partial charge in [-0.3, -0.25) is 14.4 Å². The zero-order valence-corrected chi connectivity index (χ0v) is 32.2. The van der Waals surface area contributed by atoms with E-state index in [-0.39, 0.29) is 25.3 Å². The summed E-state index contributed by atoms with van der Waals surface area (Å²) in [6, 6.07) is 22.1. The molecule has 0 radical (unpaired) electrons. The van der Waals surface area contributed by atoms with Crippen molar-refractivity contribution in [1.82, 2.24) is 15.6 Å². The summed E-state index contributed by atoms with van der Waals surface area (Å²) < 4.78 is 28.0. The van der Waals surface area contributed by atoms with E-state index in [0.29, 0.717) is 90.3 Å². The van der Waals surface area contributed by atoms with E-state index in [4.69, 9.17) is 29.2 Å². The summed E-state index contributed by atoms with van der Waals surface area (Å²) in [6.07, 6.45) is 2.14. The van der Waals surface area contributed by atoms with E-state index < -0.39 is 17.9 Å². The van der Waals surface area contributed by atoms with E-state index >= 15 is 0 Å². The predicted molar refractivity (Wildman–Crippen MR) is 215 cm³/mol. The molecule has 1 unspecified atom stereocenters. The van der Waals surface area contributed by atoms with E-state index in [1.54, 1.807) is 12.3 Å². The SMILES string of the molecule is Cc1ccnc(NCCCC(=O)NCC(=O)NC(CC(=O)O)c2cccc(-c3cccc4c(OCCOCCOCCOCCOCCN=[N+]=[N-])cccc34)c2)c1. The number of hydrogen-bond donors (Lipinski definition) is 4. The van der Waals surface area contributed by atoms with Gasteiger partial charge in [-0.15, -0.1) is 0 Å². The molecule has 0 bridgehead atoms. The molecule has 3 aromatic carbocycles. The van der Waals surface area contributed by atoms with E-state index in [9.17, 15) is 19.5 Å². The molecule has 1 atom stereocenters. The highest BCUT2D eigenvalue weighted by molar-refractivity contribution is 6.00. The lowest BCUT2D eigenvalue weighted by Gasteiger charge is -2.19. The molecule has 4 rings (SSSR count). The third kappa shape index (κ3) is 16.5. The highest BCUT2D eigenvalue weighted by Crippen LogP contribution is 2.35. The second-order valence-electron chi connectivity index (χ2n) is 12.8. The number of pyridine rings is 1. The van der Waals surface area contributed by atoms with Crippen LogP contribution in [0.25, 0.3) is 32.3 Å². The van der Waals surface area contributed by atoms with Crippen LogP contribution in [0.4, 0.5) is 5.82 Å². The van der Waals surface area contributed by atoms with Crippen LogP contribution in [-0.2, 0) is 33.3 Å². The average Bonchev–Trinajstić information content (AvgIpc) is 3.21. The second-order valence-corrected chi connectivity index (χ2v) is 12.8. The maximum atomic E-state index is 12.9. The number of amides is 2. The molecule has 1 aromatic heterocycles. The van der Waals surface area contributed by atoms with E-state index in [2.05, 4.69) is 31.0 Å². The van der Waals surface area contributed by atoms with Crippen molar-refractivity contribution in [2.45, 2.75) is 32.2 Å². The van der Waals surface area contributed by atoms with E-state index in [0.717, 1.165) is 33.3 Å².